The maximum absolute atomic E-state index is 13.8. The molecule has 0 aromatic heterocycles. The molecule has 0 aliphatic heterocycles. The number of hydrogen-bond donors (Lipinski definition) is 21. The fourth-order valence-corrected chi connectivity index (χ4v) is 6.95. The fourth-order valence-electron chi connectivity index (χ4n) is 6.95. The summed E-state index contributed by atoms with van der Waals surface area (Å²) in [4.78, 5) is 248. The van der Waals surface area contributed by atoms with Gasteiger partial charge in [-0.1, -0.05) is 0 Å². The minimum Gasteiger partial charge on any atom is -0.481 e. The van der Waals surface area contributed by atoms with Crippen molar-refractivity contribution in [3.63, 3.8) is 0 Å². The van der Waals surface area contributed by atoms with E-state index in [0.717, 1.165) is 0 Å². The number of carboxylic acid groups (broad SMARTS) is 11. The summed E-state index contributed by atoms with van der Waals surface area (Å²) >= 11 is 0. The molecule has 9 amide bonds. The van der Waals surface area contributed by atoms with Crippen LogP contribution in [0.3, 0.4) is 0 Å². The van der Waals surface area contributed by atoms with Crippen molar-refractivity contribution in [2.75, 3.05) is 0 Å². The molecular formula is C45H62N10O31. The summed E-state index contributed by atoms with van der Waals surface area (Å²) in [6, 6.07) is -21.9. The van der Waals surface area contributed by atoms with E-state index < -0.39 is 276 Å². The van der Waals surface area contributed by atoms with Crippen molar-refractivity contribution >= 4 is 119 Å². The Labute approximate surface area is 480 Å². The third-order valence-electron chi connectivity index (χ3n) is 11.2. The molecule has 0 saturated heterocycles. The lowest BCUT2D eigenvalue weighted by Gasteiger charge is -2.27. The fraction of sp³-hybridized carbons (Fsp3) is 0.556. The Morgan fingerprint density at radius 1 is 0.221 bits per heavy atom. The molecule has 41 heteroatoms. The number of hydrogen-bond acceptors (Lipinski definition) is 21. The molecule has 0 aliphatic rings. The third-order valence-corrected chi connectivity index (χ3v) is 11.2. The van der Waals surface area contributed by atoms with Crippen molar-refractivity contribution < 1.29 is 152 Å². The Balaban J connectivity index is 7.07. The van der Waals surface area contributed by atoms with Gasteiger partial charge in [0, 0.05) is 32.1 Å². The normalized spacial score (nSPS) is 14.2. The highest BCUT2D eigenvalue weighted by atomic mass is 16.4. The molecule has 41 nitrogen and oxygen atoms in total. The highest BCUT2D eigenvalue weighted by molar-refractivity contribution is 6.01. The molecule has 0 aromatic rings. The van der Waals surface area contributed by atoms with E-state index >= 15 is 0 Å². The Morgan fingerprint density at radius 3 is 0.570 bits per heavy atom. The van der Waals surface area contributed by atoms with Crippen LogP contribution >= 0.6 is 0 Å². The molecule has 0 spiro atoms. The van der Waals surface area contributed by atoms with E-state index in [4.69, 9.17) is 21.1 Å². The van der Waals surface area contributed by atoms with Crippen LogP contribution in [0.5, 0.6) is 0 Å². The highest BCUT2D eigenvalue weighted by Crippen LogP contribution is 2.10. The first-order valence-electron chi connectivity index (χ1n) is 24.7. The zero-order chi connectivity index (χ0) is 66.3. The second kappa shape index (κ2) is 37.5. The van der Waals surface area contributed by atoms with Gasteiger partial charge in [0.05, 0.1) is 38.1 Å². The van der Waals surface area contributed by atoms with Crippen molar-refractivity contribution in [1.29, 1.82) is 0 Å². The number of carbonyl (C=O) groups is 20. The lowest BCUT2D eigenvalue weighted by atomic mass is 10.0. The molecule has 0 aliphatic carbocycles. The van der Waals surface area contributed by atoms with E-state index in [9.17, 15) is 137 Å². The molecule has 86 heavy (non-hydrogen) atoms. The first-order valence-corrected chi connectivity index (χ1v) is 24.7. The van der Waals surface area contributed by atoms with Crippen LogP contribution < -0.4 is 53.6 Å². The first-order chi connectivity index (χ1) is 39.8. The quantitative estimate of drug-likeness (QED) is 0.0269. The summed E-state index contributed by atoms with van der Waals surface area (Å²) in [5, 5.41) is 120. The number of aliphatic carboxylic acids is 11. The van der Waals surface area contributed by atoms with Crippen LogP contribution in [0.2, 0.25) is 0 Å². The molecule has 478 valence electrons. The maximum atomic E-state index is 13.8. The van der Waals surface area contributed by atoms with Gasteiger partial charge in [-0.2, -0.15) is 0 Å². The predicted molar refractivity (Wildman–Crippen MR) is 269 cm³/mol. The molecule has 22 N–H and O–H groups in total. The van der Waals surface area contributed by atoms with Gasteiger partial charge in [0.2, 0.25) is 53.2 Å². The molecule has 0 heterocycles. The van der Waals surface area contributed by atoms with Gasteiger partial charge in [0.15, 0.2) is 0 Å². The van der Waals surface area contributed by atoms with E-state index in [1.54, 1.807) is 5.32 Å². The summed E-state index contributed by atoms with van der Waals surface area (Å²) in [5.41, 5.74) is 5.48. The Hall–Kier alpha value is -10.6. The Morgan fingerprint density at radius 2 is 0.384 bits per heavy atom. The topological polar surface area (TPSA) is 698 Å². The van der Waals surface area contributed by atoms with Gasteiger partial charge >= 0.3 is 65.7 Å². The van der Waals surface area contributed by atoms with Gasteiger partial charge in [-0.15, -0.1) is 0 Å². The molecule has 0 unspecified atom stereocenters. The summed E-state index contributed by atoms with van der Waals surface area (Å²) in [5.74, 6) is -33.5. The van der Waals surface area contributed by atoms with E-state index in [1.165, 1.54) is 0 Å². The molecule has 0 saturated carbocycles. The third kappa shape index (κ3) is 31.5. The van der Waals surface area contributed by atoms with Gasteiger partial charge in [-0.3, -0.25) is 91.1 Å². The van der Waals surface area contributed by atoms with Crippen LogP contribution in [-0.4, -0.2) is 235 Å². The largest absolute Gasteiger partial charge is 0.481 e. The second-order valence-electron chi connectivity index (χ2n) is 18.1. The lowest BCUT2D eigenvalue weighted by Crippen LogP contribution is -2.61. The predicted octanol–water partition coefficient (Wildman–Crippen LogP) is -8.54. The zero-order valence-electron chi connectivity index (χ0n) is 44.5. The number of nitrogens with two attached hydrogens (primary N) is 1. The van der Waals surface area contributed by atoms with Crippen LogP contribution in [-0.2, 0) is 95.9 Å². The molecule has 0 radical (unpaired) electrons. The van der Waals surface area contributed by atoms with Gasteiger partial charge in [-0.05, 0) is 32.1 Å². The van der Waals surface area contributed by atoms with Crippen LogP contribution in [0.4, 0.5) is 0 Å². The zero-order valence-corrected chi connectivity index (χ0v) is 44.5. The molecule has 0 aromatic carbocycles. The standard InChI is InChI=1S/C45H62N10O31/c46-16(11-31(66)67)36(76)47-17(1-6-26(56)57)37(77)52-22(12-32(68)69)41(81)48-18(2-7-27(58)59)38(78)53-23(13-33(70)71)42(82)49-19(3-8-28(60)61)39(79)54-24(14-34(72)73)43(83)50-20(4-9-29(62)63)40(80)55-25(15-35(74)75)44(84)51-21(45(85)86)5-10-30(64)65/h16-25H,1-15,46H2,(H,47,76)(H,48,81)(H,49,82)(H,50,83)(H,51,84)(H,52,77)(H,53,78)(H,54,79)(H,55,80)(H,56,57)(H,58,59)(H,60,61)(H,62,63)(H,64,65)(H,66,67)(H,68,69)(H,70,71)(H,72,73)(H,74,75)(H,85,86)/t16-,17-,18-,19-,20-,21-,22-,23-,24-,25-/m0/s1. The number of rotatable bonds is 44. The number of amides is 9. The van der Waals surface area contributed by atoms with Crippen LogP contribution in [0.25, 0.3) is 0 Å². The van der Waals surface area contributed by atoms with Gasteiger partial charge in [-0.25, -0.2) is 4.79 Å². The van der Waals surface area contributed by atoms with E-state index in [0.29, 0.717) is 0 Å². The van der Waals surface area contributed by atoms with Crippen molar-refractivity contribution in [3.05, 3.63) is 0 Å². The summed E-state index contributed by atoms with van der Waals surface area (Å²) in [7, 11) is 0. The van der Waals surface area contributed by atoms with E-state index in [2.05, 4.69) is 0 Å². The van der Waals surface area contributed by atoms with Crippen LogP contribution in [0.1, 0.15) is 96.3 Å². The monoisotopic (exact) mass is 1240 g/mol. The summed E-state index contributed by atoms with van der Waals surface area (Å²) < 4.78 is 0. The molecule has 0 fully saturated rings. The molecule has 10 atom stereocenters. The average Bonchev–Trinajstić information content (AvgIpc) is 3.41. The van der Waals surface area contributed by atoms with Crippen molar-refractivity contribution in [2.24, 2.45) is 5.73 Å². The van der Waals surface area contributed by atoms with Crippen LogP contribution in [0.15, 0.2) is 0 Å². The molecule has 0 rings (SSSR count). The number of carboxylic acids is 11. The van der Waals surface area contributed by atoms with Crippen molar-refractivity contribution in [2.45, 2.75) is 157 Å². The highest BCUT2D eigenvalue weighted by Gasteiger charge is 2.38. The number of nitrogens with one attached hydrogen (secondary N) is 9. The van der Waals surface area contributed by atoms with Gasteiger partial charge in [0.1, 0.15) is 54.4 Å². The van der Waals surface area contributed by atoms with E-state index in [-0.39, 0.29) is 0 Å². The molecule has 0 bridgehead atoms. The molecular weight excluding hydrogens is 1180 g/mol. The minimum atomic E-state index is -2.44. The second-order valence-corrected chi connectivity index (χ2v) is 18.1. The lowest BCUT2D eigenvalue weighted by molar-refractivity contribution is -0.145. The Bertz CT molecular complexity index is 2630. The number of carbonyl (C=O) groups excluding carboxylic acids is 9. The minimum absolute atomic E-state index is 0.755. The van der Waals surface area contributed by atoms with Crippen molar-refractivity contribution in [3.8, 4) is 0 Å². The summed E-state index contributed by atoms with van der Waals surface area (Å²) in [6.45, 7) is 0. The maximum Gasteiger partial charge on any atom is 0.326 e. The van der Waals surface area contributed by atoms with Crippen LogP contribution in [0, 0.1) is 0 Å². The SMILES string of the molecule is N[C@@H](CC(=O)O)C(=O)N[C@@H](CCC(=O)O)C(=O)N[C@@H](CC(=O)O)C(=O)N[C@@H](CCC(=O)O)C(=O)N[C@@H](CC(=O)O)C(=O)N[C@@H](CCC(=O)O)C(=O)N[C@@H](CC(=O)O)C(=O)N[C@@H](CCC(=O)O)C(=O)N[C@@H](CC(=O)O)C(=O)N[C@@H](CCC(=O)O)C(=O)O. The van der Waals surface area contributed by atoms with E-state index in [1.807, 2.05) is 42.5 Å². The average molecular weight is 1240 g/mol. The van der Waals surface area contributed by atoms with Gasteiger partial charge in [0.25, 0.3) is 0 Å². The van der Waals surface area contributed by atoms with Gasteiger partial charge < -0.3 is 110 Å². The first kappa shape index (κ1) is 75.4. The Kier molecular flexibility index (Phi) is 32.8. The van der Waals surface area contributed by atoms with Crippen molar-refractivity contribution in [1.82, 2.24) is 47.9 Å². The summed E-state index contributed by atoms with van der Waals surface area (Å²) in [6.07, 6.45) is -16.0. The smallest absolute Gasteiger partial charge is 0.326 e.